The SMILES string of the molecule is COc1ccccc1S(=O)(=O)N1CC[C@@H](N)C[C@@H]1C. The number of hydrogen-bond donors (Lipinski definition) is 1. The fraction of sp³-hybridized carbons (Fsp3) is 0.538. The van der Waals surface area contributed by atoms with Gasteiger partial charge in [-0.2, -0.15) is 4.31 Å². The average Bonchev–Trinajstić information content (AvgIpc) is 2.38. The molecule has 1 aromatic rings. The minimum atomic E-state index is -3.52. The zero-order chi connectivity index (χ0) is 14.0. The van der Waals surface area contributed by atoms with Gasteiger partial charge in [-0.1, -0.05) is 12.1 Å². The summed E-state index contributed by atoms with van der Waals surface area (Å²) in [7, 11) is -2.05. The van der Waals surface area contributed by atoms with Gasteiger partial charge in [-0.05, 0) is 31.9 Å². The molecule has 1 aliphatic heterocycles. The third kappa shape index (κ3) is 2.75. The van der Waals surface area contributed by atoms with Crippen molar-refractivity contribution in [2.24, 2.45) is 5.73 Å². The summed E-state index contributed by atoms with van der Waals surface area (Å²) >= 11 is 0. The second-order valence-electron chi connectivity index (χ2n) is 4.90. The van der Waals surface area contributed by atoms with Gasteiger partial charge in [-0.15, -0.1) is 0 Å². The molecule has 1 fully saturated rings. The van der Waals surface area contributed by atoms with E-state index in [9.17, 15) is 8.42 Å². The van der Waals surface area contributed by atoms with E-state index in [-0.39, 0.29) is 17.0 Å². The molecule has 2 N–H and O–H groups in total. The number of rotatable bonds is 3. The molecule has 1 saturated heterocycles. The van der Waals surface area contributed by atoms with E-state index in [0.717, 1.165) is 0 Å². The highest BCUT2D eigenvalue weighted by Gasteiger charge is 2.34. The maximum Gasteiger partial charge on any atom is 0.246 e. The highest BCUT2D eigenvalue weighted by Crippen LogP contribution is 2.30. The minimum Gasteiger partial charge on any atom is -0.495 e. The van der Waals surface area contributed by atoms with E-state index in [1.165, 1.54) is 11.4 Å². The Balaban J connectivity index is 2.37. The van der Waals surface area contributed by atoms with Crippen LogP contribution in [0.2, 0.25) is 0 Å². The Hall–Kier alpha value is -1.11. The summed E-state index contributed by atoms with van der Waals surface area (Å²) in [5.74, 6) is 0.379. The quantitative estimate of drug-likeness (QED) is 0.905. The molecule has 0 spiro atoms. The van der Waals surface area contributed by atoms with Crippen LogP contribution < -0.4 is 10.5 Å². The third-order valence-electron chi connectivity index (χ3n) is 3.51. The van der Waals surface area contributed by atoms with E-state index in [1.54, 1.807) is 24.3 Å². The number of nitrogens with zero attached hydrogens (tertiary/aromatic N) is 1. The van der Waals surface area contributed by atoms with Gasteiger partial charge in [-0.3, -0.25) is 0 Å². The van der Waals surface area contributed by atoms with Crippen LogP contribution in [0.4, 0.5) is 0 Å². The average molecular weight is 284 g/mol. The molecule has 0 saturated carbocycles. The van der Waals surface area contributed by atoms with Crippen molar-refractivity contribution in [2.45, 2.75) is 36.7 Å². The molecule has 1 heterocycles. The predicted molar refractivity (Wildman–Crippen MR) is 73.6 cm³/mol. The maximum atomic E-state index is 12.7. The van der Waals surface area contributed by atoms with Crippen molar-refractivity contribution in [1.82, 2.24) is 4.31 Å². The van der Waals surface area contributed by atoms with Gasteiger partial charge in [0, 0.05) is 18.6 Å². The monoisotopic (exact) mass is 284 g/mol. The van der Waals surface area contributed by atoms with E-state index in [1.807, 2.05) is 6.92 Å². The number of ether oxygens (including phenoxy) is 1. The molecule has 2 atom stereocenters. The van der Waals surface area contributed by atoms with E-state index >= 15 is 0 Å². The van der Waals surface area contributed by atoms with Crippen molar-refractivity contribution in [2.75, 3.05) is 13.7 Å². The molecule has 19 heavy (non-hydrogen) atoms. The lowest BCUT2D eigenvalue weighted by Crippen LogP contribution is -2.48. The van der Waals surface area contributed by atoms with Gasteiger partial charge in [-0.25, -0.2) is 8.42 Å². The van der Waals surface area contributed by atoms with Crippen LogP contribution in [0, 0.1) is 0 Å². The zero-order valence-electron chi connectivity index (χ0n) is 11.2. The number of piperidine rings is 1. The summed E-state index contributed by atoms with van der Waals surface area (Å²) in [6.07, 6.45) is 1.38. The Bertz CT molecular complexity index is 545. The Morgan fingerprint density at radius 1 is 1.37 bits per heavy atom. The Morgan fingerprint density at radius 2 is 2.05 bits per heavy atom. The van der Waals surface area contributed by atoms with Gasteiger partial charge < -0.3 is 10.5 Å². The first-order chi connectivity index (χ1) is 8.96. The van der Waals surface area contributed by atoms with E-state index < -0.39 is 10.0 Å². The molecule has 0 unspecified atom stereocenters. The van der Waals surface area contributed by atoms with Crippen molar-refractivity contribution >= 4 is 10.0 Å². The maximum absolute atomic E-state index is 12.7. The summed E-state index contributed by atoms with van der Waals surface area (Å²) < 4.78 is 32.0. The Kier molecular flexibility index (Phi) is 4.13. The van der Waals surface area contributed by atoms with Crippen LogP contribution in [0.25, 0.3) is 0 Å². The van der Waals surface area contributed by atoms with Crippen molar-refractivity contribution in [3.63, 3.8) is 0 Å². The molecule has 1 aliphatic rings. The lowest BCUT2D eigenvalue weighted by atomic mass is 10.0. The van der Waals surface area contributed by atoms with Crippen LogP contribution in [0.1, 0.15) is 19.8 Å². The van der Waals surface area contributed by atoms with Crippen LogP contribution in [0.15, 0.2) is 29.2 Å². The summed E-state index contributed by atoms with van der Waals surface area (Å²) in [6, 6.07) is 6.70. The molecular formula is C13H20N2O3S. The van der Waals surface area contributed by atoms with Gasteiger partial charge >= 0.3 is 0 Å². The van der Waals surface area contributed by atoms with Gasteiger partial charge in [0.15, 0.2) is 0 Å². The molecule has 0 aromatic heterocycles. The van der Waals surface area contributed by atoms with Crippen molar-refractivity contribution in [1.29, 1.82) is 0 Å². The van der Waals surface area contributed by atoms with Gasteiger partial charge in [0.05, 0.1) is 7.11 Å². The summed E-state index contributed by atoms with van der Waals surface area (Å²) in [5, 5.41) is 0. The van der Waals surface area contributed by atoms with Crippen LogP contribution in [0.5, 0.6) is 5.75 Å². The highest BCUT2D eigenvalue weighted by molar-refractivity contribution is 7.89. The van der Waals surface area contributed by atoms with Crippen LogP contribution in [0.3, 0.4) is 0 Å². The first-order valence-electron chi connectivity index (χ1n) is 6.37. The first-order valence-corrected chi connectivity index (χ1v) is 7.81. The number of sulfonamides is 1. The topological polar surface area (TPSA) is 72.6 Å². The first kappa shape index (κ1) is 14.3. The number of hydrogen-bond acceptors (Lipinski definition) is 4. The third-order valence-corrected chi connectivity index (χ3v) is 5.56. The largest absolute Gasteiger partial charge is 0.495 e. The van der Waals surface area contributed by atoms with Gasteiger partial charge in [0.25, 0.3) is 0 Å². The summed E-state index contributed by atoms with van der Waals surface area (Å²) in [5.41, 5.74) is 5.88. The fourth-order valence-corrected chi connectivity index (χ4v) is 4.32. The van der Waals surface area contributed by atoms with Crippen LogP contribution in [-0.4, -0.2) is 38.5 Å². The second-order valence-corrected chi connectivity index (χ2v) is 6.76. The molecule has 1 aromatic carbocycles. The molecule has 0 radical (unpaired) electrons. The number of methoxy groups -OCH3 is 1. The fourth-order valence-electron chi connectivity index (χ4n) is 2.50. The number of benzene rings is 1. The van der Waals surface area contributed by atoms with Crippen LogP contribution in [-0.2, 0) is 10.0 Å². The van der Waals surface area contributed by atoms with Crippen molar-refractivity contribution in [3.8, 4) is 5.75 Å². The van der Waals surface area contributed by atoms with E-state index in [4.69, 9.17) is 10.5 Å². The molecule has 0 aliphatic carbocycles. The summed E-state index contributed by atoms with van der Waals surface area (Å²) in [6.45, 7) is 2.36. The lowest BCUT2D eigenvalue weighted by Gasteiger charge is -2.35. The molecule has 5 nitrogen and oxygen atoms in total. The molecule has 2 rings (SSSR count). The predicted octanol–water partition coefficient (Wildman–Crippen LogP) is 1.20. The smallest absolute Gasteiger partial charge is 0.246 e. The molecule has 0 amide bonds. The van der Waals surface area contributed by atoms with Crippen LogP contribution >= 0.6 is 0 Å². The lowest BCUT2D eigenvalue weighted by molar-refractivity contribution is 0.246. The Labute approximate surface area is 114 Å². The van der Waals surface area contributed by atoms with Gasteiger partial charge in [0.2, 0.25) is 10.0 Å². The molecular weight excluding hydrogens is 264 g/mol. The summed E-state index contributed by atoms with van der Waals surface area (Å²) in [4.78, 5) is 0.222. The highest BCUT2D eigenvalue weighted by atomic mass is 32.2. The number of nitrogens with two attached hydrogens (primary N) is 1. The van der Waals surface area contributed by atoms with E-state index in [0.29, 0.717) is 25.1 Å². The van der Waals surface area contributed by atoms with Crippen molar-refractivity contribution in [3.05, 3.63) is 24.3 Å². The van der Waals surface area contributed by atoms with Gasteiger partial charge in [0.1, 0.15) is 10.6 Å². The zero-order valence-corrected chi connectivity index (χ0v) is 12.1. The van der Waals surface area contributed by atoms with E-state index in [2.05, 4.69) is 0 Å². The standard InChI is InChI=1S/C13H20N2O3S/c1-10-9-11(14)7-8-15(10)19(16,17)13-6-4-3-5-12(13)18-2/h3-6,10-11H,7-9,14H2,1-2H3/t10-,11+/m0/s1. The molecule has 6 heteroatoms. The molecule has 0 bridgehead atoms. The second kappa shape index (κ2) is 5.48. The normalized spacial score (nSPS) is 25.2. The number of para-hydroxylation sites is 1. The minimum absolute atomic E-state index is 0.0825. The Morgan fingerprint density at radius 3 is 2.68 bits per heavy atom. The molecule has 106 valence electrons. The van der Waals surface area contributed by atoms with Crippen molar-refractivity contribution < 1.29 is 13.2 Å².